The van der Waals surface area contributed by atoms with Crippen LogP contribution in [-0.2, 0) is 4.79 Å². The van der Waals surface area contributed by atoms with Crippen molar-refractivity contribution in [2.75, 3.05) is 0 Å². The van der Waals surface area contributed by atoms with Crippen LogP contribution in [0.4, 0.5) is 0 Å². The van der Waals surface area contributed by atoms with Crippen LogP contribution in [0.25, 0.3) is 0 Å². The van der Waals surface area contributed by atoms with Crippen molar-refractivity contribution >= 4 is 17.2 Å². The summed E-state index contributed by atoms with van der Waals surface area (Å²) in [5.41, 5.74) is -0.239. The Kier molecular flexibility index (Phi) is 2.55. The molecule has 1 spiro atoms. The second-order valence-electron chi connectivity index (χ2n) is 6.34. The van der Waals surface area contributed by atoms with Crippen molar-refractivity contribution in [3.63, 3.8) is 0 Å². The van der Waals surface area contributed by atoms with E-state index in [1.54, 1.807) is 11.3 Å². The molecule has 4 rings (SSSR count). The number of carbonyl (C=O) groups is 1. The summed E-state index contributed by atoms with van der Waals surface area (Å²) in [6.07, 6.45) is 5.70. The van der Waals surface area contributed by atoms with Gasteiger partial charge in [-0.2, -0.15) is 0 Å². The quantitative estimate of drug-likeness (QED) is 0.901. The second kappa shape index (κ2) is 4.06. The van der Waals surface area contributed by atoms with Crippen molar-refractivity contribution < 1.29 is 4.79 Å². The number of amides is 1. The van der Waals surface area contributed by atoms with Crippen LogP contribution in [0.2, 0.25) is 0 Å². The molecule has 1 amide bonds. The zero-order chi connectivity index (χ0) is 13.0. The van der Waals surface area contributed by atoms with Crippen molar-refractivity contribution in [2.45, 2.75) is 56.8 Å². The average molecular weight is 276 g/mol. The molecule has 2 aliphatic carbocycles. The molecule has 0 radical (unpaired) electrons. The van der Waals surface area contributed by atoms with Crippen LogP contribution < -0.4 is 5.32 Å². The van der Waals surface area contributed by atoms with E-state index in [4.69, 9.17) is 0 Å². The molecule has 1 aromatic rings. The molecular weight excluding hydrogens is 256 g/mol. The number of rotatable bonds is 2. The van der Waals surface area contributed by atoms with E-state index in [1.807, 2.05) is 0 Å². The molecule has 3 nitrogen and oxygen atoms in total. The summed E-state index contributed by atoms with van der Waals surface area (Å²) >= 11 is 1.76. The molecule has 2 saturated carbocycles. The van der Waals surface area contributed by atoms with E-state index >= 15 is 0 Å². The summed E-state index contributed by atoms with van der Waals surface area (Å²) in [4.78, 5) is 16.4. The first kappa shape index (κ1) is 11.9. The third-order valence-corrected chi connectivity index (χ3v) is 5.95. The highest BCUT2D eigenvalue weighted by Gasteiger charge is 2.57. The van der Waals surface area contributed by atoms with Gasteiger partial charge in [-0.1, -0.05) is 25.8 Å². The van der Waals surface area contributed by atoms with Crippen LogP contribution in [0, 0.1) is 5.92 Å². The fourth-order valence-electron chi connectivity index (χ4n) is 3.78. The Balaban J connectivity index is 1.70. The van der Waals surface area contributed by atoms with Gasteiger partial charge < -0.3 is 4.90 Å². The van der Waals surface area contributed by atoms with Gasteiger partial charge >= 0.3 is 0 Å². The van der Waals surface area contributed by atoms with Gasteiger partial charge in [-0.3, -0.25) is 10.1 Å². The van der Waals surface area contributed by atoms with E-state index in [0.29, 0.717) is 17.9 Å². The molecule has 1 aliphatic heterocycles. The SMILES string of the molecule is CC1CC1N1C(=O)C2(CCCC2)NC1c1cccs1. The maximum Gasteiger partial charge on any atom is 0.244 e. The monoisotopic (exact) mass is 276 g/mol. The summed E-state index contributed by atoms with van der Waals surface area (Å²) in [6.45, 7) is 2.25. The summed E-state index contributed by atoms with van der Waals surface area (Å²) in [5.74, 6) is 1.04. The van der Waals surface area contributed by atoms with E-state index in [1.165, 1.54) is 24.1 Å². The minimum Gasteiger partial charge on any atom is -0.317 e. The fraction of sp³-hybridized carbons (Fsp3) is 0.667. The minimum atomic E-state index is -0.239. The van der Waals surface area contributed by atoms with Crippen LogP contribution in [0.5, 0.6) is 0 Å². The predicted molar refractivity (Wildman–Crippen MR) is 75.8 cm³/mol. The van der Waals surface area contributed by atoms with Crippen LogP contribution >= 0.6 is 11.3 Å². The van der Waals surface area contributed by atoms with Crippen molar-refractivity contribution in [3.05, 3.63) is 22.4 Å². The third-order valence-electron chi connectivity index (χ3n) is 5.03. The van der Waals surface area contributed by atoms with Crippen LogP contribution in [0.3, 0.4) is 0 Å². The van der Waals surface area contributed by atoms with Gasteiger partial charge in [-0.25, -0.2) is 0 Å². The van der Waals surface area contributed by atoms with Crippen LogP contribution in [0.1, 0.15) is 50.1 Å². The molecule has 4 heteroatoms. The lowest BCUT2D eigenvalue weighted by molar-refractivity contribution is -0.133. The lowest BCUT2D eigenvalue weighted by atomic mass is 9.98. The smallest absolute Gasteiger partial charge is 0.244 e. The zero-order valence-electron chi connectivity index (χ0n) is 11.3. The Hall–Kier alpha value is -0.870. The number of hydrogen-bond acceptors (Lipinski definition) is 3. The van der Waals surface area contributed by atoms with E-state index in [0.717, 1.165) is 12.8 Å². The highest BCUT2D eigenvalue weighted by molar-refractivity contribution is 7.10. The summed E-state index contributed by atoms with van der Waals surface area (Å²) < 4.78 is 0. The Bertz CT molecular complexity index is 492. The van der Waals surface area contributed by atoms with Crippen molar-refractivity contribution in [1.82, 2.24) is 10.2 Å². The Morgan fingerprint density at radius 3 is 2.74 bits per heavy atom. The molecule has 1 saturated heterocycles. The van der Waals surface area contributed by atoms with E-state index in [9.17, 15) is 4.79 Å². The number of hydrogen-bond donors (Lipinski definition) is 1. The van der Waals surface area contributed by atoms with E-state index < -0.39 is 0 Å². The first-order chi connectivity index (χ1) is 9.21. The third kappa shape index (κ3) is 1.69. The summed E-state index contributed by atoms with van der Waals surface area (Å²) in [7, 11) is 0. The van der Waals surface area contributed by atoms with Gasteiger partial charge in [0.2, 0.25) is 5.91 Å². The van der Waals surface area contributed by atoms with Crippen molar-refractivity contribution in [2.24, 2.45) is 5.92 Å². The van der Waals surface area contributed by atoms with Crippen LogP contribution in [0.15, 0.2) is 17.5 Å². The normalized spacial score (nSPS) is 36.4. The highest BCUT2D eigenvalue weighted by atomic mass is 32.1. The Morgan fingerprint density at radius 1 is 1.42 bits per heavy atom. The topological polar surface area (TPSA) is 32.3 Å². The molecule has 102 valence electrons. The lowest BCUT2D eigenvalue weighted by Gasteiger charge is -2.23. The molecule has 0 bridgehead atoms. The first-order valence-electron chi connectivity index (χ1n) is 7.35. The fourth-order valence-corrected chi connectivity index (χ4v) is 4.55. The lowest BCUT2D eigenvalue weighted by Crippen LogP contribution is -2.44. The Morgan fingerprint density at radius 2 is 2.16 bits per heavy atom. The molecule has 0 aromatic carbocycles. The first-order valence-corrected chi connectivity index (χ1v) is 8.23. The molecule has 3 atom stereocenters. The maximum absolute atomic E-state index is 12.9. The molecule has 1 N–H and O–H groups in total. The molecule has 3 unspecified atom stereocenters. The second-order valence-corrected chi connectivity index (χ2v) is 7.32. The molecule has 19 heavy (non-hydrogen) atoms. The Labute approximate surface area is 118 Å². The number of nitrogens with zero attached hydrogens (tertiary/aromatic N) is 1. The van der Waals surface area contributed by atoms with Crippen LogP contribution in [-0.4, -0.2) is 22.4 Å². The molecular formula is C15H20N2OS. The molecule has 1 aromatic heterocycles. The largest absolute Gasteiger partial charge is 0.317 e. The van der Waals surface area contributed by atoms with Crippen molar-refractivity contribution in [3.8, 4) is 0 Å². The van der Waals surface area contributed by atoms with E-state index in [-0.39, 0.29) is 11.7 Å². The van der Waals surface area contributed by atoms with Gasteiger partial charge in [0.1, 0.15) is 6.17 Å². The highest BCUT2D eigenvalue weighted by Crippen LogP contribution is 2.48. The number of nitrogens with one attached hydrogen (secondary N) is 1. The number of carbonyl (C=O) groups excluding carboxylic acids is 1. The van der Waals surface area contributed by atoms with Gasteiger partial charge in [0.15, 0.2) is 0 Å². The minimum absolute atomic E-state index is 0.126. The van der Waals surface area contributed by atoms with Gasteiger partial charge in [-0.15, -0.1) is 11.3 Å². The zero-order valence-corrected chi connectivity index (χ0v) is 12.1. The standard InChI is InChI=1S/C15H20N2OS/c1-10-9-11(10)17-13(12-5-4-8-19-12)16-15(14(17)18)6-2-3-7-15/h4-5,8,10-11,13,16H,2-3,6-7,9H2,1H3. The summed E-state index contributed by atoms with van der Waals surface area (Å²) in [6, 6.07) is 4.70. The van der Waals surface area contributed by atoms with E-state index in [2.05, 4.69) is 34.7 Å². The summed E-state index contributed by atoms with van der Waals surface area (Å²) in [5, 5.41) is 5.80. The molecule has 3 fully saturated rings. The van der Waals surface area contributed by atoms with Gasteiger partial charge in [0.25, 0.3) is 0 Å². The van der Waals surface area contributed by atoms with Gasteiger partial charge in [-0.05, 0) is 36.6 Å². The maximum atomic E-state index is 12.9. The van der Waals surface area contributed by atoms with Gasteiger partial charge in [0, 0.05) is 10.9 Å². The van der Waals surface area contributed by atoms with Crippen molar-refractivity contribution in [1.29, 1.82) is 0 Å². The molecule has 3 aliphatic rings. The molecule has 2 heterocycles. The van der Waals surface area contributed by atoms with Gasteiger partial charge in [0.05, 0.1) is 5.54 Å². The number of thiophene rings is 1. The average Bonchev–Trinajstić information content (AvgIpc) is 2.88. The predicted octanol–water partition coefficient (Wildman–Crippen LogP) is 2.90.